The van der Waals surface area contributed by atoms with E-state index in [2.05, 4.69) is 44.2 Å². The average Bonchev–Trinajstić information content (AvgIpc) is 2.82. The number of aromatic nitrogens is 3. The van der Waals surface area contributed by atoms with Crippen LogP contribution in [0.3, 0.4) is 0 Å². The number of rotatable bonds is 5. The Balaban J connectivity index is 2.16. The lowest BCUT2D eigenvalue weighted by atomic mass is 10.1. The van der Waals surface area contributed by atoms with Crippen molar-refractivity contribution in [2.75, 3.05) is 26.3 Å². The number of hydrogen-bond acceptors (Lipinski definition) is 4. The van der Waals surface area contributed by atoms with E-state index in [-0.39, 0.29) is 5.54 Å². The Kier molecular flexibility index (Phi) is 5.38. The van der Waals surface area contributed by atoms with Crippen LogP contribution in [0.1, 0.15) is 52.7 Å². The van der Waals surface area contributed by atoms with Gasteiger partial charge in [0.2, 0.25) is 0 Å². The summed E-state index contributed by atoms with van der Waals surface area (Å²) < 4.78 is 7.53. The summed E-state index contributed by atoms with van der Waals surface area (Å²) in [5, 5.41) is 4.78. The van der Waals surface area contributed by atoms with Gasteiger partial charge in [-0.3, -0.25) is 4.90 Å². The molecule has 1 aromatic rings. The average molecular weight is 294 g/mol. The van der Waals surface area contributed by atoms with Crippen LogP contribution in [0.25, 0.3) is 0 Å². The van der Waals surface area contributed by atoms with Crippen molar-refractivity contribution in [3.05, 3.63) is 11.6 Å². The first kappa shape index (κ1) is 16.4. The van der Waals surface area contributed by atoms with Crippen LogP contribution >= 0.6 is 0 Å². The van der Waals surface area contributed by atoms with E-state index in [9.17, 15) is 0 Å². The van der Waals surface area contributed by atoms with Gasteiger partial charge in [-0.05, 0) is 26.7 Å². The molecule has 1 saturated heterocycles. The minimum absolute atomic E-state index is 0.0255. The summed E-state index contributed by atoms with van der Waals surface area (Å²) in [4.78, 5) is 7.23. The molecule has 120 valence electrons. The van der Waals surface area contributed by atoms with E-state index >= 15 is 0 Å². The Morgan fingerprint density at radius 3 is 2.48 bits per heavy atom. The monoisotopic (exact) mass is 294 g/mol. The van der Waals surface area contributed by atoms with E-state index in [0.717, 1.165) is 50.9 Å². The first-order valence-electron chi connectivity index (χ1n) is 8.15. The summed E-state index contributed by atoms with van der Waals surface area (Å²) in [7, 11) is 0. The molecule has 0 amide bonds. The predicted octanol–water partition coefficient (Wildman–Crippen LogP) is 2.45. The van der Waals surface area contributed by atoms with E-state index in [1.54, 1.807) is 0 Å². The fraction of sp³-hybridized carbons (Fsp3) is 0.875. The molecule has 1 fully saturated rings. The molecule has 0 N–H and O–H groups in total. The summed E-state index contributed by atoms with van der Waals surface area (Å²) in [6.07, 6.45) is 2.14. The van der Waals surface area contributed by atoms with Crippen molar-refractivity contribution >= 4 is 0 Å². The Hall–Kier alpha value is -0.940. The summed E-state index contributed by atoms with van der Waals surface area (Å²) in [6, 6.07) is 0. The van der Waals surface area contributed by atoms with Gasteiger partial charge in [0.1, 0.15) is 5.82 Å². The molecule has 1 unspecified atom stereocenters. The first-order chi connectivity index (χ1) is 9.90. The van der Waals surface area contributed by atoms with Crippen molar-refractivity contribution in [2.24, 2.45) is 5.92 Å². The van der Waals surface area contributed by atoms with Crippen LogP contribution in [0.2, 0.25) is 0 Å². The largest absolute Gasteiger partial charge is 0.379 e. The Morgan fingerprint density at radius 1 is 1.24 bits per heavy atom. The highest BCUT2D eigenvalue weighted by atomic mass is 16.5. The van der Waals surface area contributed by atoms with Crippen LogP contribution in [0, 0.1) is 5.92 Å². The third-order valence-corrected chi connectivity index (χ3v) is 4.05. The molecule has 0 aromatic carbocycles. The molecule has 1 aliphatic rings. The van der Waals surface area contributed by atoms with Crippen LogP contribution in [0.15, 0.2) is 0 Å². The Labute approximate surface area is 128 Å². The number of morpholine rings is 1. The maximum absolute atomic E-state index is 5.42. The summed E-state index contributed by atoms with van der Waals surface area (Å²) in [5.74, 6) is 2.71. The summed E-state index contributed by atoms with van der Waals surface area (Å²) in [5.41, 5.74) is -0.0255. The van der Waals surface area contributed by atoms with Gasteiger partial charge in [0.25, 0.3) is 0 Å². The van der Waals surface area contributed by atoms with Gasteiger partial charge in [-0.15, -0.1) is 0 Å². The van der Waals surface area contributed by atoms with E-state index in [0.29, 0.717) is 5.92 Å². The van der Waals surface area contributed by atoms with Crippen LogP contribution in [0.4, 0.5) is 0 Å². The molecule has 1 aromatic heterocycles. The highest BCUT2D eigenvalue weighted by molar-refractivity contribution is 4.98. The van der Waals surface area contributed by atoms with Crippen molar-refractivity contribution < 1.29 is 4.74 Å². The molecule has 0 bridgehead atoms. The fourth-order valence-corrected chi connectivity index (χ4v) is 2.53. The third kappa shape index (κ3) is 4.51. The van der Waals surface area contributed by atoms with E-state index < -0.39 is 0 Å². The Bertz CT molecular complexity index is 444. The Morgan fingerprint density at radius 2 is 1.90 bits per heavy atom. The minimum atomic E-state index is -0.0255. The van der Waals surface area contributed by atoms with Gasteiger partial charge in [0.05, 0.1) is 25.3 Å². The van der Waals surface area contributed by atoms with Crippen LogP contribution < -0.4 is 0 Å². The van der Waals surface area contributed by atoms with Crippen molar-refractivity contribution in [1.29, 1.82) is 0 Å². The van der Waals surface area contributed by atoms with Gasteiger partial charge in [-0.25, -0.2) is 9.67 Å². The van der Waals surface area contributed by atoms with Gasteiger partial charge in [0, 0.05) is 19.5 Å². The molecule has 0 saturated carbocycles. The van der Waals surface area contributed by atoms with E-state index in [1.807, 2.05) is 0 Å². The van der Waals surface area contributed by atoms with Crippen molar-refractivity contribution in [3.8, 4) is 0 Å². The summed E-state index contributed by atoms with van der Waals surface area (Å²) >= 11 is 0. The molecule has 0 aliphatic carbocycles. The number of nitrogens with zero attached hydrogens (tertiary/aromatic N) is 4. The van der Waals surface area contributed by atoms with Gasteiger partial charge in [-0.2, -0.15) is 5.10 Å². The highest BCUT2D eigenvalue weighted by Gasteiger charge is 2.23. The topological polar surface area (TPSA) is 43.2 Å². The zero-order chi connectivity index (χ0) is 15.5. The molecule has 0 radical (unpaired) electrons. The van der Waals surface area contributed by atoms with Crippen LogP contribution in [-0.2, 0) is 23.2 Å². The third-order valence-electron chi connectivity index (χ3n) is 4.05. The van der Waals surface area contributed by atoms with Crippen LogP contribution in [0.5, 0.6) is 0 Å². The molecule has 21 heavy (non-hydrogen) atoms. The molecule has 0 spiro atoms. The van der Waals surface area contributed by atoms with Gasteiger partial charge >= 0.3 is 0 Å². The lowest BCUT2D eigenvalue weighted by molar-refractivity contribution is 0.0318. The number of hydrogen-bond donors (Lipinski definition) is 0. The SMILES string of the molecule is CCC(C)Cc1nc(CN2CCOCC2)n(C(C)(C)C)n1. The second-order valence-corrected chi connectivity index (χ2v) is 7.13. The lowest BCUT2D eigenvalue weighted by Crippen LogP contribution is -2.37. The van der Waals surface area contributed by atoms with Crippen LogP contribution in [-0.4, -0.2) is 46.0 Å². The van der Waals surface area contributed by atoms with Gasteiger partial charge in [0.15, 0.2) is 5.82 Å². The molecule has 2 rings (SSSR count). The maximum Gasteiger partial charge on any atom is 0.151 e. The molecule has 5 nitrogen and oxygen atoms in total. The van der Waals surface area contributed by atoms with Crippen molar-refractivity contribution in [1.82, 2.24) is 19.7 Å². The van der Waals surface area contributed by atoms with Gasteiger partial charge in [-0.1, -0.05) is 20.3 Å². The van der Waals surface area contributed by atoms with Crippen molar-refractivity contribution in [3.63, 3.8) is 0 Å². The molecule has 2 heterocycles. The first-order valence-corrected chi connectivity index (χ1v) is 8.15. The second-order valence-electron chi connectivity index (χ2n) is 7.13. The van der Waals surface area contributed by atoms with E-state index in [1.165, 1.54) is 6.42 Å². The fourth-order valence-electron chi connectivity index (χ4n) is 2.53. The quantitative estimate of drug-likeness (QED) is 0.836. The second kappa shape index (κ2) is 6.88. The molecule has 1 aliphatic heterocycles. The zero-order valence-electron chi connectivity index (χ0n) is 14.2. The molecular weight excluding hydrogens is 264 g/mol. The van der Waals surface area contributed by atoms with Crippen molar-refractivity contribution in [2.45, 2.75) is 59.5 Å². The molecular formula is C16H30N4O. The van der Waals surface area contributed by atoms with Gasteiger partial charge < -0.3 is 4.74 Å². The zero-order valence-corrected chi connectivity index (χ0v) is 14.2. The highest BCUT2D eigenvalue weighted by Crippen LogP contribution is 2.18. The standard InChI is InChI=1S/C16H30N4O/c1-6-13(2)11-14-17-15(20(18-14)16(3,4)5)12-19-7-9-21-10-8-19/h13H,6-12H2,1-5H3. The normalized spacial score (nSPS) is 18.9. The minimum Gasteiger partial charge on any atom is -0.379 e. The summed E-state index contributed by atoms with van der Waals surface area (Å²) in [6.45, 7) is 15.5. The molecule has 1 atom stereocenters. The lowest BCUT2D eigenvalue weighted by Gasteiger charge is -2.28. The smallest absolute Gasteiger partial charge is 0.151 e. The molecule has 5 heteroatoms. The maximum atomic E-state index is 5.42. The predicted molar refractivity (Wildman–Crippen MR) is 84.3 cm³/mol. The number of ether oxygens (including phenoxy) is 1. The van der Waals surface area contributed by atoms with E-state index in [4.69, 9.17) is 14.8 Å².